The molecule has 0 amide bonds. The smallest absolute Gasteiger partial charge is 0.129 e. The molecule has 0 aliphatic rings. The van der Waals surface area contributed by atoms with E-state index < -0.39 is 6.04 Å². The number of hydrogen-bond acceptors (Lipinski definition) is 2. The van der Waals surface area contributed by atoms with Gasteiger partial charge in [0.2, 0.25) is 0 Å². The summed E-state index contributed by atoms with van der Waals surface area (Å²) in [7, 11) is 1.68. The van der Waals surface area contributed by atoms with Crippen molar-refractivity contribution in [1.29, 1.82) is 0 Å². The minimum atomic E-state index is -0.459. The summed E-state index contributed by atoms with van der Waals surface area (Å²) in [6.07, 6.45) is 0.860. The SMILES string of the molecule is COCCc1ccc(C(N)c2ccc(Br)cc2F)cc1. The van der Waals surface area contributed by atoms with Gasteiger partial charge in [-0.1, -0.05) is 46.3 Å². The van der Waals surface area contributed by atoms with Crippen LogP contribution in [0.5, 0.6) is 0 Å². The van der Waals surface area contributed by atoms with Crippen molar-refractivity contribution < 1.29 is 9.13 Å². The van der Waals surface area contributed by atoms with Gasteiger partial charge in [0.15, 0.2) is 0 Å². The second kappa shape index (κ2) is 6.97. The molecule has 0 aliphatic heterocycles. The molecular formula is C16H17BrFNO. The number of hydrogen-bond donors (Lipinski definition) is 1. The zero-order valence-corrected chi connectivity index (χ0v) is 12.9. The number of halogens is 2. The van der Waals surface area contributed by atoms with Gasteiger partial charge in [-0.05, 0) is 29.7 Å². The van der Waals surface area contributed by atoms with Crippen LogP contribution in [-0.4, -0.2) is 13.7 Å². The van der Waals surface area contributed by atoms with Crippen molar-refractivity contribution in [3.63, 3.8) is 0 Å². The minimum Gasteiger partial charge on any atom is -0.384 e. The molecule has 20 heavy (non-hydrogen) atoms. The lowest BCUT2D eigenvalue weighted by molar-refractivity contribution is 0.202. The third-order valence-electron chi connectivity index (χ3n) is 3.23. The van der Waals surface area contributed by atoms with Crippen molar-refractivity contribution in [2.75, 3.05) is 13.7 Å². The Morgan fingerprint density at radius 2 is 1.90 bits per heavy atom. The Morgan fingerprint density at radius 3 is 2.50 bits per heavy atom. The summed E-state index contributed by atoms with van der Waals surface area (Å²) in [5.41, 5.74) is 8.71. The Labute approximate surface area is 126 Å². The maximum Gasteiger partial charge on any atom is 0.129 e. The largest absolute Gasteiger partial charge is 0.384 e. The van der Waals surface area contributed by atoms with Crippen LogP contribution in [0.2, 0.25) is 0 Å². The lowest BCUT2D eigenvalue weighted by Crippen LogP contribution is -2.13. The first kappa shape index (κ1) is 15.2. The van der Waals surface area contributed by atoms with Gasteiger partial charge in [0, 0.05) is 17.1 Å². The predicted molar refractivity (Wildman–Crippen MR) is 82.2 cm³/mol. The molecule has 0 saturated heterocycles. The highest BCUT2D eigenvalue weighted by Gasteiger charge is 2.13. The summed E-state index contributed by atoms with van der Waals surface area (Å²) in [6.45, 7) is 0.687. The highest BCUT2D eigenvalue weighted by Crippen LogP contribution is 2.25. The van der Waals surface area contributed by atoms with Crippen molar-refractivity contribution in [2.24, 2.45) is 5.73 Å². The maximum absolute atomic E-state index is 13.9. The molecule has 0 spiro atoms. The van der Waals surface area contributed by atoms with Gasteiger partial charge in [-0.15, -0.1) is 0 Å². The van der Waals surface area contributed by atoms with Crippen LogP contribution in [0.1, 0.15) is 22.7 Å². The van der Waals surface area contributed by atoms with Crippen molar-refractivity contribution >= 4 is 15.9 Å². The standard InChI is InChI=1S/C16H17BrFNO/c1-20-9-8-11-2-4-12(5-3-11)16(19)14-7-6-13(17)10-15(14)18/h2-7,10,16H,8-9,19H2,1H3. The van der Waals surface area contributed by atoms with Crippen LogP contribution in [0.25, 0.3) is 0 Å². The Hall–Kier alpha value is -1.23. The Balaban J connectivity index is 2.18. The van der Waals surface area contributed by atoms with Gasteiger partial charge in [-0.3, -0.25) is 0 Å². The maximum atomic E-state index is 13.9. The van der Waals surface area contributed by atoms with E-state index in [1.807, 2.05) is 24.3 Å². The lowest BCUT2D eigenvalue weighted by Gasteiger charge is -2.14. The molecule has 2 nitrogen and oxygen atoms in total. The molecule has 0 radical (unpaired) electrons. The molecule has 2 aromatic rings. The van der Waals surface area contributed by atoms with Crippen LogP contribution in [0.3, 0.4) is 0 Å². The zero-order chi connectivity index (χ0) is 14.5. The molecule has 2 aromatic carbocycles. The van der Waals surface area contributed by atoms with E-state index in [-0.39, 0.29) is 5.82 Å². The van der Waals surface area contributed by atoms with Crippen LogP contribution < -0.4 is 5.73 Å². The summed E-state index contributed by atoms with van der Waals surface area (Å²) in [6, 6.07) is 12.4. The molecule has 0 heterocycles. The Bertz CT molecular complexity index is 571. The van der Waals surface area contributed by atoms with Gasteiger partial charge < -0.3 is 10.5 Å². The van der Waals surface area contributed by atoms with Gasteiger partial charge >= 0.3 is 0 Å². The molecule has 0 bridgehead atoms. The van der Waals surface area contributed by atoms with Crippen molar-refractivity contribution in [2.45, 2.75) is 12.5 Å². The second-order valence-electron chi connectivity index (χ2n) is 4.63. The van der Waals surface area contributed by atoms with Gasteiger partial charge in [-0.2, -0.15) is 0 Å². The molecule has 4 heteroatoms. The topological polar surface area (TPSA) is 35.2 Å². The molecule has 106 valence electrons. The van der Waals surface area contributed by atoms with E-state index in [4.69, 9.17) is 10.5 Å². The van der Waals surface area contributed by atoms with E-state index in [1.54, 1.807) is 19.2 Å². The molecular weight excluding hydrogens is 321 g/mol. The van der Waals surface area contributed by atoms with E-state index in [0.717, 1.165) is 12.0 Å². The van der Waals surface area contributed by atoms with Gasteiger partial charge in [0.1, 0.15) is 5.82 Å². The second-order valence-corrected chi connectivity index (χ2v) is 5.54. The highest BCUT2D eigenvalue weighted by atomic mass is 79.9. The Kier molecular flexibility index (Phi) is 5.29. The summed E-state index contributed by atoms with van der Waals surface area (Å²) < 4.78 is 19.7. The summed E-state index contributed by atoms with van der Waals surface area (Å²) in [4.78, 5) is 0. The normalized spacial score (nSPS) is 12.4. The van der Waals surface area contributed by atoms with Crippen LogP contribution in [0.4, 0.5) is 4.39 Å². The first-order chi connectivity index (χ1) is 9.61. The van der Waals surface area contributed by atoms with Crippen LogP contribution in [-0.2, 0) is 11.2 Å². The average molecular weight is 338 g/mol. The van der Waals surface area contributed by atoms with Gasteiger partial charge in [0.05, 0.1) is 12.6 Å². The molecule has 0 aliphatic carbocycles. The van der Waals surface area contributed by atoms with Gasteiger partial charge in [0.25, 0.3) is 0 Å². The lowest BCUT2D eigenvalue weighted by atomic mass is 9.98. The third-order valence-corrected chi connectivity index (χ3v) is 3.72. The fourth-order valence-corrected chi connectivity index (χ4v) is 2.38. The van der Waals surface area contributed by atoms with E-state index in [0.29, 0.717) is 16.6 Å². The number of ether oxygens (including phenoxy) is 1. The van der Waals surface area contributed by atoms with Crippen molar-refractivity contribution in [3.05, 3.63) is 69.4 Å². The predicted octanol–water partition coefficient (Wildman–Crippen LogP) is 3.83. The Morgan fingerprint density at radius 1 is 1.20 bits per heavy atom. The monoisotopic (exact) mass is 337 g/mol. The number of methoxy groups -OCH3 is 1. The van der Waals surface area contributed by atoms with Crippen LogP contribution >= 0.6 is 15.9 Å². The van der Waals surface area contributed by atoms with Gasteiger partial charge in [-0.25, -0.2) is 4.39 Å². The number of benzene rings is 2. The fourth-order valence-electron chi connectivity index (χ4n) is 2.04. The molecule has 2 N–H and O–H groups in total. The molecule has 0 fully saturated rings. The van der Waals surface area contributed by atoms with E-state index in [9.17, 15) is 4.39 Å². The van der Waals surface area contributed by atoms with E-state index >= 15 is 0 Å². The quantitative estimate of drug-likeness (QED) is 0.899. The fraction of sp³-hybridized carbons (Fsp3) is 0.250. The van der Waals surface area contributed by atoms with E-state index in [2.05, 4.69) is 15.9 Å². The molecule has 0 saturated carbocycles. The molecule has 0 aromatic heterocycles. The first-order valence-corrected chi connectivity index (χ1v) is 7.19. The molecule has 1 unspecified atom stereocenters. The molecule has 2 rings (SSSR count). The van der Waals surface area contributed by atoms with Crippen molar-refractivity contribution in [1.82, 2.24) is 0 Å². The van der Waals surface area contributed by atoms with E-state index in [1.165, 1.54) is 11.6 Å². The van der Waals surface area contributed by atoms with Crippen molar-refractivity contribution in [3.8, 4) is 0 Å². The van der Waals surface area contributed by atoms with Crippen LogP contribution in [0.15, 0.2) is 46.9 Å². The summed E-state index contributed by atoms with van der Waals surface area (Å²) in [5, 5.41) is 0. The number of rotatable bonds is 5. The van der Waals surface area contributed by atoms with Crippen LogP contribution in [0, 0.1) is 5.82 Å². The first-order valence-electron chi connectivity index (χ1n) is 6.40. The zero-order valence-electron chi connectivity index (χ0n) is 11.3. The summed E-state index contributed by atoms with van der Waals surface area (Å²) in [5.74, 6) is -0.296. The minimum absolute atomic E-state index is 0.296. The highest BCUT2D eigenvalue weighted by molar-refractivity contribution is 9.10. The summed E-state index contributed by atoms with van der Waals surface area (Å²) >= 11 is 3.24. The molecule has 1 atom stereocenters. The number of nitrogens with two attached hydrogens (primary N) is 1. The average Bonchev–Trinajstić information content (AvgIpc) is 2.45. The third kappa shape index (κ3) is 3.66.